The van der Waals surface area contributed by atoms with Crippen LogP contribution < -0.4 is 5.32 Å². The van der Waals surface area contributed by atoms with Gasteiger partial charge < -0.3 is 5.32 Å². The highest BCUT2D eigenvalue weighted by molar-refractivity contribution is 9.11. The summed E-state index contributed by atoms with van der Waals surface area (Å²) in [5.41, 5.74) is 2.10. The summed E-state index contributed by atoms with van der Waals surface area (Å²) in [6.45, 7) is 4.44. The van der Waals surface area contributed by atoms with Gasteiger partial charge in [0.15, 0.2) is 0 Å². The first-order valence-corrected chi connectivity index (χ1v) is 8.64. The molecule has 0 aliphatic rings. The molecule has 1 aromatic heterocycles. The van der Waals surface area contributed by atoms with Crippen LogP contribution in [0.2, 0.25) is 0 Å². The van der Waals surface area contributed by atoms with Gasteiger partial charge in [-0.3, -0.25) is 4.98 Å². The summed E-state index contributed by atoms with van der Waals surface area (Å²) >= 11 is 8.71. The molecule has 1 aromatic carbocycles. The van der Waals surface area contributed by atoms with Gasteiger partial charge in [-0.05, 0) is 50.1 Å². The second-order valence-electron chi connectivity index (χ2n) is 4.03. The third-order valence-corrected chi connectivity index (χ3v) is 4.76. The molecule has 0 saturated heterocycles. The zero-order chi connectivity index (χ0) is 14.4. The van der Waals surface area contributed by atoms with Gasteiger partial charge in [0, 0.05) is 31.5 Å². The Morgan fingerprint density at radius 2 is 2.10 bits per heavy atom. The summed E-state index contributed by atoms with van der Waals surface area (Å²) < 4.78 is 1.96. The van der Waals surface area contributed by atoms with E-state index in [9.17, 15) is 0 Å². The summed E-state index contributed by atoms with van der Waals surface area (Å²) in [5, 5.41) is 3.44. The number of benzene rings is 1. The smallest absolute Gasteiger partial charge is 0.0737 e. The molecule has 0 aliphatic heterocycles. The highest BCUT2D eigenvalue weighted by Gasteiger charge is 2.05. The van der Waals surface area contributed by atoms with Crippen molar-refractivity contribution in [3.8, 4) is 0 Å². The monoisotopic (exact) mass is 412 g/mol. The lowest BCUT2D eigenvalue weighted by atomic mass is 10.3. The Morgan fingerprint density at radius 3 is 2.85 bits per heavy atom. The Hall–Kier alpha value is -0.780. The largest absolute Gasteiger partial charge is 0.378 e. The van der Waals surface area contributed by atoms with Gasteiger partial charge in [0.2, 0.25) is 0 Å². The van der Waals surface area contributed by atoms with E-state index in [1.165, 1.54) is 4.90 Å². The molecule has 20 heavy (non-hydrogen) atoms. The minimum Gasteiger partial charge on any atom is -0.378 e. The van der Waals surface area contributed by atoms with E-state index in [-0.39, 0.29) is 0 Å². The van der Waals surface area contributed by atoms with Gasteiger partial charge in [0.25, 0.3) is 0 Å². The molecule has 5 heteroatoms. The molecule has 0 spiro atoms. The SMILES string of the molecule is C=CCSc1ccccc1NCc1ncc(Br)cc1Br. The van der Waals surface area contributed by atoms with Crippen LogP contribution in [0.15, 0.2) is 63.0 Å². The minimum absolute atomic E-state index is 0.680. The maximum atomic E-state index is 4.41. The van der Waals surface area contributed by atoms with Crippen molar-refractivity contribution in [1.82, 2.24) is 4.98 Å². The van der Waals surface area contributed by atoms with Crippen LogP contribution in [0.3, 0.4) is 0 Å². The Kier molecular flexibility index (Phi) is 6.13. The number of pyridine rings is 1. The molecule has 0 amide bonds. The van der Waals surface area contributed by atoms with Crippen LogP contribution in [0.4, 0.5) is 5.69 Å². The van der Waals surface area contributed by atoms with Crippen molar-refractivity contribution in [2.75, 3.05) is 11.1 Å². The molecule has 0 aliphatic carbocycles. The Bertz CT molecular complexity index is 602. The lowest BCUT2D eigenvalue weighted by Gasteiger charge is -2.11. The number of hydrogen-bond acceptors (Lipinski definition) is 3. The fourth-order valence-electron chi connectivity index (χ4n) is 1.64. The van der Waals surface area contributed by atoms with Crippen LogP contribution >= 0.6 is 43.6 Å². The van der Waals surface area contributed by atoms with E-state index in [4.69, 9.17) is 0 Å². The van der Waals surface area contributed by atoms with Crippen molar-refractivity contribution in [2.24, 2.45) is 0 Å². The van der Waals surface area contributed by atoms with Crippen LogP contribution in [0.5, 0.6) is 0 Å². The summed E-state index contributed by atoms with van der Waals surface area (Å²) in [6.07, 6.45) is 3.72. The summed E-state index contributed by atoms with van der Waals surface area (Å²) in [4.78, 5) is 5.63. The number of halogens is 2. The van der Waals surface area contributed by atoms with Gasteiger partial charge in [-0.25, -0.2) is 0 Å². The number of thioether (sulfide) groups is 1. The van der Waals surface area contributed by atoms with E-state index in [0.717, 1.165) is 26.1 Å². The van der Waals surface area contributed by atoms with E-state index in [0.29, 0.717) is 6.54 Å². The topological polar surface area (TPSA) is 24.9 Å². The first-order valence-electron chi connectivity index (χ1n) is 6.07. The molecule has 0 saturated carbocycles. The predicted molar refractivity (Wildman–Crippen MR) is 94.3 cm³/mol. The van der Waals surface area contributed by atoms with E-state index in [1.54, 1.807) is 18.0 Å². The molecule has 2 nitrogen and oxygen atoms in total. The average molecular weight is 414 g/mol. The van der Waals surface area contributed by atoms with Gasteiger partial charge in [-0.1, -0.05) is 18.2 Å². The standard InChI is InChI=1S/C15H14Br2N2S/c1-2-7-20-15-6-4-3-5-13(15)19-10-14-12(17)8-11(16)9-18-14/h2-6,8-9,19H,1,7,10H2. The number of nitrogens with one attached hydrogen (secondary N) is 1. The van der Waals surface area contributed by atoms with E-state index < -0.39 is 0 Å². The van der Waals surface area contributed by atoms with Crippen molar-refractivity contribution >= 4 is 49.3 Å². The first-order chi connectivity index (χ1) is 9.70. The Morgan fingerprint density at radius 1 is 1.30 bits per heavy atom. The maximum absolute atomic E-state index is 4.41. The van der Waals surface area contributed by atoms with Gasteiger partial charge in [0.05, 0.1) is 12.2 Å². The van der Waals surface area contributed by atoms with Gasteiger partial charge >= 0.3 is 0 Å². The van der Waals surface area contributed by atoms with E-state index in [2.05, 4.69) is 60.9 Å². The molecule has 2 rings (SSSR count). The number of anilines is 1. The quantitative estimate of drug-likeness (QED) is 0.500. The number of para-hydroxylation sites is 1. The van der Waals surface area contributed by atoms with Crippen molar-refractivity contribution in [2.45, 2.75) is 11.4 Å². The van der Waals surface area contributed by atoms with Crippen molar-refractivity contribution in [3.05, 3.63) is 63.8 Å². The van der Waals surface area contributed by atoms with Crippen LogP contribution in [-0.4, -0.2) is 10.7 Å². The summed E-state index contributed by atoms with van der Waals surface area (Å²) in [6, 6.07) is 10.3. The predicted octanol–water partition coefficient (Wildman–Crippen LogP) is 5.50. The molecule has 1 N–H and O–H groups in total. The second kappa shape index (κ2) is 7.86. The second-order valence-corrected chi connectivity index (χ2v) is 6.86. The Balaban J connectivity index is 2.08. The highest BCUT2D eigenvalue weighted by atomic mass is 79.9. The van der Waals surface area contributed by atoms with Crippen molar-refractivity contribution < 1.29 is 0 Å². The maximum Gasteiger partial charge on any atom is 0.0737 e. The molecule has 0 radical (unpaired) electrons. The highest BCUT2D eigenvalue weighted by Crippen LogP contribution is 2.28. The third-order valence-electron chi connectivity index (χ3n) is 2.57. The Labute approximate surface area is 140 Å². The lowest BCUT2D eigenvalue weighted by molar-refractivity contribution is 1.02. The van der Waals surface area contributed by atoms with Crippen LogP contribution in [0.1, 0.15) is 5.69 Å². The molecular weight excluding hydrogens is 400 g/mol. The third kappa shape index (κ3) is 4.36. The molecule has 104 valence electrons. The fourth-order valence-corrected chi connectivity index (χ4v) is 3.53. The molecule has 1 heterocycles. The van der Waals surface area contributed by atoms with Crippen LogP contribution in [-0.2, 0) is 6.54 Å². The minimum atomic E-state index is 0.680. The van der Waals surface area contributed by atoms with Gasteiger partial charge in [-0.2, -0.15) is 0 Å². The fraction of sp³-hybridized carbons (Fsp3) is 0.133. The van der Waals surface area contributed by atoms with E-state index >= 15 is 0 Å². The zero-order valence-corrected chi connectivity index (χ0v) is 14.8. The lowest BCUT2D eigenvalue weighted by Crippen LogP contribution is -2.03. The van der Waals surface area contributed by atoms with Crippen LogP contribution in [0, 0.1) is 0 Å². The molecule has 0 unspecified atom stereocenters. The molecule has 0 bridgehead atoms. The summed E-state index contributed by atoms with van der Waals surface area (Å²) in [7, 11) is 0. The van der Waals surface area contributed by atoms with Gasteiger partial charge in [0.1, 0.15) is 0 Å². The number of hydrogen-bond donors (Lipinski definition) is 1. The molecule has 0 fully saturated rings. The zero-order valence-electron chi connectivity index (χ0n) is 10.8. The normalized spacial score (nSPS) is 10.3. The van der Waals surface area contributed by atoms with Crippen molar-refractivity contribution in [3.63, 3.8) is 0 Å². The first kappa shape index (κ1) is 15.6. The van der Waals surface area contributed by atoms with Crippen molar-refractivity contribution in [1.29, 1.82) is 0 Å². The number of nitrogens with zero attached hydrogens (tertiary/aromatic N) is 1. The summed E-state index contributed by atoms with van der Waals surface area (Å²) in [5.74, 6) is 0.902. The average Bonchev–Trinajstić information content (AvgIpc) is 2.45. The molecular formula is C15H14Br2N2S. The molecule has 0 atom stereocenters. The van der Waals surface area contributed by atoms with Gasteiger partial charge in [-0.15, -0.1) is 18.3 Å². The van der Waals surface area contributed by atoms with Crippen LogP contribution in [0.25, 0.3) is 0 Å². The number of rotatable bonds is 6. The number of aromatic nitrogens is 1. The van der Waals surface area contributed by atoms with E-state index in [1.807, 2.05) is 24.3 Å². The molecule has 2 aromatic rings.